The average Bonchev–Trinajstić information content (AvgIpc) is 3.22. The number of aromatic nitrogens is 2. The maximum atomic E-state index is 4.59. The van der Waals surface area contributed by atoms with Gasteiger partial charge in [0.05, 0.1) is 5.69 Å². The summed E-state index contributed by atoms with van der Waals surface area (Å²) in [4.78, 5) is 7.40. The highest BCUT2D eigenvalue weighted by molar-refractivity contribution is 5.71. The van der Waals surface area contributed by atoms with E-state index >= 15 is 0 Å². The Morgan fingerprint density at radius 3 is 2.65 bits per heavy atom. The molecule has 2 fully saturated rings. The molecule has 2 aliphatic heterocycles. The van der Waals surface area contributed by atoms with E-state index in [1.807, 2.05) is 6.20 Å². The highest BCUT2D eigenvalue weighted by Gasteiger charge is 2.54. The maximum absolute atomic E-state index is 4.59. The summed E-state index contributed by atoms with van der Waals surface area (Å²) < 4.78 is 2.28. The van der Waals surface area contributed by atoms with Crippen LogP contribution >= 0.6 is 0 Å². The van der Waals surface area contributed by atoms with E-state index in [9.17, 15) is 0 Å². The van der Waals surface area contributed by atoms with Gasteiger partial charge in [-0.2, -0.15) is 0 Å². The third kappa shape index (κ3) is 2.09. The molecule has 1 aromatic carbocycles. The molecule has 0 N–H and O–H groups in total. The van der Waals surface area contributed by atoms with Crippen LogP contribution in [0.1, 0.15) is 76.2 Å². The molecule has 0 amide bonds. The van der Waals surface area contributed by atoms with Crippen LogP contribution in [0.3, 0.4) is 0 Å². The Kier molecular flexibility index (Phi) is 3.39. The molecule has 3 nitrogen and oxygen atoms in total. The van der Waals surface area contributed by atoms with E-state index in [1.54, 1.807) is 0 Å². The van der Waals surface area contributed by atoms with Crippen molar-refractivity contribution in [2.75, 3.05) is 4.90 Å². The fourth-order valence-corrected chi connectivity index (χ4v) is 6.56. The summed E-state index contributed by atoms with van der Waals surface area (Å²) in [5.74, 6) is 1.18. The lowest BCUT2D eigenvalue weighted by Gasteiger charge is -2.42. The van der Waals surface area contributed by atoms with E-state index in [-0.39, 0.29) is 5.54 Å². The van der Waals surface area contributed by atoms with E-state index in [1.165, 1.54) is 66.9 Å². The molecular weight excluding hydrogens is 318 g/mol. The molecule has 1 spiro atoms. The van der Waals surface area contributed by atoms with Gasteiger partial charge in [0, 0.05) is 41.6 Å². The Hall–Kier alpha value is -1.77. The van der Waals surface area contributed by atoms with E-state index < -0.39 is 0 Å². The summed E-state index contributed by atoms with van der Waals surface area (Å²) in [6.45, 7) is 9.75. The van der Waals surface area contributed by atoms with Gasteiger partial charge in [0.1, 0.15) is 5.82 Å². The lowest BCUT2D eigenvalue weighted by molar-refractivity contribution is 0.170. The van der Waals surface area contributed by atoms with Crippen molar-refractivity contribution in [3.05, 3.63) is 41.5 Å². The van der Waals surface area contributed by atoms with Crippen LogP contribution in [0.2, 0.25) is 0 Å². The number of aryl methyl sites for hydroxylation is 1. The number of benzene rings is 1. The van der Waals surface area contributed by atoms with Crippen LogP contribution in [0, 0.1) is 12.3 Å². The number of nitrogens with zero attached hydrogens (tertiary/aromatic N) is 3. The third-order valence-electron chi connectivity index (χ3n) is 7.57. The van der Waals surface area contributed by atoms with Gasteiger partial charge in [-0.1, -0.05) is 25.3 Å². The normalized spacial score (nSPS) is 25.5. The fraction of sp³-hybridized carbons (Fsp3) is 0.609. The van der Waals surface area contributed by atoms with Crippen LogP contribution in [0.25, 0.3) is 5.69 Å². The van der Waals surface area contributed by atoms with Gasteiger partial charge in [-0.3, -0.25) is 0 Å². The van der Waals surface area contributed by atoms with Crippen molar-refractivity contribution >= 4 is 5.69 Å². The van der Waals surface area contributed by atoms with E-state index in [2.05, 4.69) is 60.5 Å². The summed E-state index contributed by atoms with van der Waals surface area (Å²) in [7, 11) is 0. The first kappa shape index (κ1) is 16.4. The molecule has 1 aliphatic carbocycles. The zero-order valence-corrected chi connectivity index (χ0v) is 16.7. The van der Waals surface area contributed by atoms with E-state index in [0.29, 0.717) is 11.5 Å². The second kappa shape index (κ2) is 5.37. The van der Waals surface area contributed by atoms with E-state index in [0.717, 1.165) is 6.42 Å². The Morgan fingerprint density at radius 1 is 1.12 bits per heavy atom. The zero-order valence-electron chi connectivity index (χ0n) is 16.7. The standard InChI is InChI=1S/C23H31N3/c1-16-8-9-19-18(14-20-24-12-13-25(19)20)21(16)26-17(2)23(15-22(26,3)4)10-6-5-7-11-23/h8-9,12-13,17H,5-7,10-11,14-15H2,1-4H3. The van der Waals surface area contributed by atoms with Crippen molar-refractivity contribution in [2.24, 2.45) is 5.41 Å². The second-order valence-corrected chi connectivity index (χ2v) is 9.58. The van der Waals surface area contributed by atoms with E-state index in [4.69, 9.17) is 0 Å². The minimum atomic E-state index is 0.210. The predicted molar refractivity (Wildman–Crippen MR) is 107 cm³/mol. The first-order chi connectivity index (χ1) is 12.4. The molecule has 3 heteroatoms. The van der Waals surface area contributed by atoms with Gasteiger partial charge in [0.15, 0.2) is 0 Å². The number of rotatable bonds is 1. The fourth-order valence-electron chi connectivity index (χ4n) is 6.56. The summed E-state index contributed by atoms with van der Waals surface area (Å²) >= 11 is 0. The van der Waals surface area contributed by atoms with Gasteiger partial charge in [-0.05, 0) is 64.0 Å². The minimum absolute atomic E-state index is 0.210. The van der Waals surface area contributed by atoms with Crippen LogP contribution in [0.4, 0.5) is 5.69 Å². The van der Waals surface area contributed by atoms with Gasteiger partial charge in [-0.25, -0.2) is 4.98 Å². The summed E-state index contributed by atoms with van der Waals surface area (Å²) in [5.41, 5.74) is 6.45. The van der Waals surface area contributed by atoms with Gasteiger partial charge < -0.3 is 9.47 Å². The minimum Gasteiger partial charge on any atom is -0.363 e. The number of imidazole rings is 1. The molecule has 1 unspecified atom stereocenters. The number of hydrogen-bond donors (Lipinski definition) is 0. The summed E-state index contributed by atoms with van der Waals surface area (Å²) in [5, 5.41) is 0. The van der Waals surface area contributed by atoms with Crippen LogP contribution in [-0.2, 0) is 6.42 Å². The van der Waals surface area contributed by atoms with Crippen molar-refractivity contribution in [3.63, 3.8) is 0 Å². The SMILES string of the molecule is Cc1ccc2c(c1N1C(C)C3(CCCCC3)CC1(C)C)Cc1nccn1-2. The average molecular weight is 350 g/mol. The van der Waals surface area contributed by atoms with Crippen molar-refractivity contribution in [2.45, 2.75) is 84.2 Å². The molecule has 3 aliphatic rings. The molecule has 0 radical (unpaired) electrons. The lowest BCUT2D eigenvalue weighted by Crippen LogP contribution is -2.45. The molecule has 1 saturated heterocycles. The first-order valence-corrected chi connectivity index (χ1v) is 10.4. The molecule has 0 bridgehead atoms. The van der Waals surface area contributed by atoms with Gasteiger partial charge in [-0.15, -0.1) is 0 Å². The Labute approximate surface area is 157 Å². The Balaban J connectivity index is 1.64. The Morgan fingerprint density at radius 2 is 1.88 bits per heavy atom. The van der Waals surface area contributed by atoms with Crippen molar-refractivity contribution < 1.29 is 0 Å². The molecule has 3 heterocycles. The maximum Gasteiger partial charge on any atom is 0.117 e. The monoisotopic (exact) mass is 349 g/mol. The third-order valence-corrected chi connectivity index (χ3v) is 7.57. The quantitative estimate of drug-likeness (QED) is 0.585. The van der Waals surface area contributed by atoms with Crippen molar-refractivity contribution in [1.29, 1.82) is 0 Å². The molecule has 1 atom stereocenters. The van der Waals surface area contributed by atoms with Crippen molar-refractivity contribution in [1.82, 2.24) is 9.55 Å². The largest absolute Gasteiger partial charge is 0.363 e. The molecule has 138 valence electrons. The molecule has 2 aromatic rings. The summed E-state index contributed by atoms with van der Waals surface area (Å²) in [6, 6.07) is 5.21. The predicted octanol–water partition coefficient (Wildman–Crippen LogP) is 5.41. The van der Waals surface area contributed by atoms with Gasteiger partial charge >= 0.3 is 0 Å². The molecule has 1 aromatic heterocycles. The van der Waals surface area contributed by atoms with Crippen LogP contribution in [0.15, 0.2) is 24.5 Å². The smallest absolute Gasteiger partial charge is 0.117 e. The van der Waals surface area contributed by atoms with Crippen LogP contribution in [0.5, 0.6) is 0 Å². The first-order valence-electron chi connectivity index (χ1n) is 10.4. The van der Waals surface area contributed by atoms with Gasteiger partial charge in [0.2, 0.25) is 0 Å². The van der Waals surface area contributed by atoms with Crippen LogP contribution in [-0.4, -0.2) is 21.1 Å². The zero-order chi connectivity index (χ0) is 18.1. The Bertz CT molecular complexity index is 854. The topological polar surface area (TPSA) is 21.1 Å². The highest BCUT2D eigenvalue weighted by atomic mass is 15.3. The lowest BCUT2D eigenvalue weighted by atomic mass is 9.68. The number of fused-ring (bicyclic) bond motifs is 3. The highest BCUT2D eigenvalue weighted by Crippen LogP contribution is 2.57. The summed E-state index contributed by atoms with van der Waals surface area (Å²) in [6.07, 6.45) is 13.4. The number of hydrogen-bond acceptors (Lipinski definition) is 2. The van der Waals surface area contributed by atoms with Crippen LogP contribution < -0.4 is 4.90 Å². The van der Waals surface area contributed by atoms with Gasteiger partial charge in [0.25, 0.3) is 0 Å². The van der Waals surface area contributed by atoms with Crippen molar-refractivity contribution in [3.8, 4) is 5.69 Å². The molecule has 26 heavy (non-hydrogen) atoms. The number of anilines is 1. The second-order valence-electron chi connectivity index (χ2n) is 9.58. The molecular formula is C23H31N3. The molecule has 5 rings (SSSR count). The molecule has 1 saturated carbocycles.